The van der Waals surface area contributed by atoms with Gasteiger partial charge in [-0.25, -0.2) is 18.2 Å². The lowest BCUT2D eigenvalue weighted by Crippen LogP contribution is -2.48. The first-order chi connectivity index (χ1) is 18.6. The van der Waals surface area contributed by atoms with E-state index in [1.54, 1.807) is 30.1 Å². The molecule has 2 N–H and O–H groups in total. The number of benzene rings is 2. The molecule has 0 radical (unpaired) electrons. The number of aryl methyl sites for hydroxylation is 1. The van der Waals surface area contributed by atoms with Crippen molar-refractivity contribution in [1.29, 1.82) is 0 Å². The Bertz CT molecular complexity index is 1340. The summed E-state index contributed by atoms with van der Waals surface area (Å²) in [6, 6.07) is 8.14. The van der Waals surface area contributed by atoms with E-state index in [4.69, 9.17) is 0 Å². The highest BCUT2D eigenvalue weighted by molar-refractivity contribution is 5.90. The van der Waals surface area contributed by atoms with Gasteiger partial charge in [0.25, 0.3) is 12.3 Å². The van der Waals surface area contributed by atoms with E-state index in [0.29, 0.717) is 42.8 Å². The van der Waals surface area contributed by atoms with Gasteiger partial charge in [0.15, 0.2) is 0 Å². The lowest BCUT2D eigenvalue weighted by atomic mass is 10.1. The molecule has 2 aromatic carbocycles. The van der Waals surface area contributed by atoms with Crippen LogP contribution in [0.15, 0.2) is 36.5 Å². The molecule has 1 aliphatic rings. The average Bonchev–Trinajstić information content (AvgIpc) is 3.47. The Morgan fingerprint density at radius 2 is 1.85 bits per heavy atom. The number of hydrogen-bond donors (Lipinski definition) is 2. The number of aromatic nitrogens is 2. The van der Waals surface area contributed by atoms with Gasteiger partial charge >= 0.3 is 0 Å². The predicted octanol–water partition coefficient (Wildman–Crippen LogP) is 3.09. The second kappa shape index (κ2) is 13.8. The lowest BCUT2D eigenvalue weighted by Gasteiger charge is -2.32. The number of amides is 2. The summed E-state index contributed by atoms with van der Waals surface area (Å²) in [6.07, 6.45) is -1.00. The molecule has 1 aliphatic heterocycles. The van der Waals surface area contributed by atoms with Crippen LogP contribution in [0.3, 0.4) is 0 Å². The van der Waals surface area contributed by atoms with Crippen LogP contribution in [0.5, 0.6) is 0 Å². The van der Waals surface area contributed by atoms with Crippen molar-refractivity contribution >= 4 is 40.8 Å². The normalized spacial score (nSPS) is 12.9. The summed E-state index contributed by atoms with van der Waals surface area (Å²) >= 11 is 0. The summed E-state index contributed by atoms with van der Waals surface area (Å²) in [4.78, 5) is 28.0. The standard InChI is InChI=1S/C27H34F3N7O2.ClH/c1-4-31-7-8-32-26(38)16-35(24-11-21-12-36(15-25(29)30)33-23(21)9-18(24)2)17-27(39)34(3)37-13-19-5-6-22(28)10-20(19)14-37;/h5-6,9-12,25,31H,4,7-8,13-17H2,1-3H3,(H,32,38);1H. The molecule has 0 spiro atoms. The fraction of sp³-hybridized carbons (Fsp3) is 0.444. The van der Waals surface area contributed by atoms with Gasteiger partial charge in [0.05, 0.1) is 18.6 Å². The van der Waals surface area contributed by atoms with Crippen LogP contribution in [0, 0.1) is 12.7 Å². The molecule has 0 aliphatic carbocycles. The molecule has 0 bridgehead atoms. The van der Waals surface area contributed by atoms with Crippen molar-refractivity contribution in [1.82, 2.24) is 30.4 Å². The highest BCUT2D eigenvalue weighted by atomic mass is 35.5. The van der Waals surface area contributed by atoms with E-state index in [9.17, 15) is 22.8 Å². The molecule has 40 heavy (non-hydrogen) atoms. The molecule has 9 nitrogen and oxygen atoms in total. The van der Waals surface area contributed by atoms with Crippen LogP contribution in [0.25, 0.3) is 10.9 Å². The third-order valence-corrected chi connectivity index (χ3v) is 6.73. The summed E-state index contributed by atoms with van der Waals surface area (Å²) in [5.41, 5.74) is 3.72. The maximum Gasteiger partial charge on any atom is 0.257 e. The number of rotatable bonds is 12. The number of nitrogens with zero attached hydrogens (tertiary/aromatic N) is 5. The summed E-state index contributed by atoms with van der Waals surface area (Å²) < 4.78 is 40.7. The second-order valence-corrected chi connectivity index (χ2v) is 9.65. The van der Waals surface area contributed by atoms with Crippen LogP contribution in [0.2, 0.25) is 0 Å². The summed E-state index contributed by atoms with van der Waals surface area (Å²) in [7, 11) is 1.66. The van der Waals surface area contributed by atoms with Gasteiger partial charge < -0.3 is 15.5 Å². The van der Waals surface area contributed by atoms with Gasteiger partial charge in [-0.2, -0.15) is 5.10 Å². The monoisotopic (exact) mass is 581 g/mol. The number of halogens is 4. The Balaban J connectivity index is 0.00000441. The van der Waals surface area contributed by atoms with Crippen LogP contribution in [-0.4, -0.2) is 77.8 Å². The topological polar surface area (TPSA) is 85.7 Å². The average molecular weight is 582 g/mol. The molecule has 1 aromatic heterocycles. The highest BCUT2D eigenvalue weighted by Crippen LogP contribution is 2.28. The first kappa shape index (κ1) is 31.2. The Hall–Kier alpha value is -3.35. The SMILES string of the molecule is CCNCCNC(=O)CN(CC(=O)N(C)N1Cc2ccc(F)cc2C1)c1cc2cn(CC(F)F)nc2cc1C.Cl. The van der Waals surface area contributed by atoms with Gasteiger partial charge in [0.1, 0.15) is 12.4 Å². The van der Waals surface area contributed by atoms with Crippen LogP contribution in [0.1, 0.15) is 23.6 Å². The number of hydrazine groups is 1. The predicted molar refractivity (Wildman–Crippen MR) is 150 cm³/mol. The molecule has 0 atom stereocenters. The number of nitrogens with one attached hydrogen (secondary N) is 2. The zero-order valence-electron chi connectivity index (χ0n) is 22.8. The number of anilines is 1. The van der Waals surface area contributed by atoms with Gasteiger partial charge in [-0.3, -0.25) is 19.3 Å². The van der Waals surface area contributed by atoms with Gasteiger partial charge in [-0.1, -0.05) is 13.0 Å². The van der Waals surface area contributed by atoms with Crippen molar-refractivity contribution in [2.45, 2.75) is 39.9 Å². The molecule has 0 fully saturated rings. The smallest absolute Gasteiger partial charge is 0.257 e. The summed E-state index contributed by atoms with van der Waals surface area (Å²) in [5, 5.41) is 14.2. The quantitative estimate of drug-likeness (QED) is 0.320. The summed E-state index contributed by atoms with van der Waals surface area (Å²) in [6.45, 7) is 5.82. The van der Waals surface area contributed by atoms with Crippen LogP contribution in [-0.2, 0) is 29.2 Å². The fourth-order valence-corrected chi connectivity index (χ4v) is 4.69. The highest BCUT2D eigenvalue weighted by Gasteiger charge is 2.27. The molecule has 2 heterocycles. The van der Waals surface area contributed by atoms with E-state index in [1.165, 1.54) is 28.0 Å². The maximum atomic E-state index is 13.7. The van der Waals surface area contributed by atoms with Gasteiger partial charge in [0.2, 0.25) is 5.91 Å². The Labute approximate surface area is 237 Å². The Morgan fingerprint density at radius 1 is 1.10 bits per heavy atom. The molecule has 218 valence electrons. The third-order valence-electron chi connectivity index (χ3n) is 6.73. The van der Waals surface area contributed by atoms with E-state index in [1.807, 2.05) is 18.9 Å². The number of carbonyl (C=O) groups excluding carboxylic acids is 2. The molecule has 4 rings (SSSR count). The van der Waals surface area contributed by atoms with Gasteiger partial charge in [-0.15, -0.1) is 12.4 Å². The molecule has 3 aromatic rings. The molecule has 13 heteroatoms. The van der Waals surface area contributed by atoms with Crippen molar-refractivity contribution in [3.8, 4) is 0 Å². The number of fused-ring (bicyclic) bond motifs is 2. The Kier molecular flexibility index (Phi) is 10.8. The lowest BCUT2D eigenvalue weighted by molar-refractivity contribution is -0.145. The van der Waals surface area contributed by atoms with E-state index < -0.39 is 13.0 Å². The largest absolute Gasteiger partial charge is 0.353 e. The number of likely N-dealkylation sites (N-methyl/N-ethyl adjacent to an activating group) is 2. The minimum absolute atomic E-state index is 0. The van der Waals surface area contributed by atoms with Crippen molar-refractivity contribution in [2.75, 3.05) is 44.7 Å². The first-order valence-electron chi connectivity index (χ1n) is 12.9. The van der Waals surface area contributed by atoms with E-state index in [-0.39, 0.29) is 43.1 Å². The number of alkyl halides is 2. The van der Waals surface area contributed by atoms with E-state index in [0.717, 1.165) is 23.2 Å². The van der Waals surface area contributed by atoms with Crippen molar-refractivity contribution in [3.63, 3.8) is 0 Å². The minimum atomic E-state index is -2.54. The number of hydrogen-bond acceptors (Lipinski definition) is 6. The third kappa shape index (κ3) is 7.64. The van der Waals surface area contributed by atoms with E-state index >= 15 is 0 Å². The van der Waals surface area contributed by atoms with Crippen LogP contribution in [0.4, 0.5) is 18.9 Å². The minimum Gasteiger partial charge on any atom is -0.353 e. The van der Waals surface area contributed by atoms with Crippen LogP contribution >= 0.6 is 12.4 Å². The van der Waals surface area contributed by atoms with Crippen molar-refractivity contribution < 1.29 is 22.8 Å². The van der Waals surface area contributed by atoms with Crippen LogP contribution < -0.4 is 15.5 Å². The van der Waals surface area contributed by atoms with Crippen molar-refractivity contribution in [3.05, 3.63) is 59.0 Å². The summed E-state index contributed by atoms with van der Waals surface area (Å²) in [5.74, 6) is -0.824. The molecular formula is C27H35ClF3N7O2. The number of carbonyl (C=O) groups is 2. The molecule has 0 saturated carbocycles. The van der Waals surface area contributed by atoms with E-state index in [2.05, 4.69) is 15.7 Å². The first-order valence-corrected chi connectivity index (χ1v) is 12.9. The van der Waals surface area contributed by atoms with Gasteiger partial charge in [0, 0.05) is 50.5 Å². The molecule has 0 saturated heterocycles. The van der Waals surface area contributed by atoms with Crippen molar-refractivity contribution in [2.24, 2.45) is 0 Å². The molecular weight excluding hydrogens is 547 g/mol. The maximum absolute atomic E-state index is 13.7. The van der Waals surface area contributed by atoms with Gasteiger partial charge in [-0.05, 0) is 54.4 Å². The zero-order valence-corrected chi connectivity index (χ0v) is 23.6. The molecule has 0 unspecified atom stereocenters. The molecule has 2 amide bonds. The zero-order chi connectivity index (χ0) is 28.1. The fourth-order valence-electron chi connectivity index (χ4n) is 4.69. The second-order valence-electron chi connectivity index (χ2n) is 9.65. The Morgan fingerprint density at radius 3 is 2.58 bits per heavy atom.